The molecule has 0 aliphatic heterocycles. The molecule has 0 unspecified atom stereocenters. The molecule has 2 aromatic rings. The summed E-state index contributed by atoms with van der Waals surface area (Å²) in [5.74, 6) is 0.790. The number of hydrogen-bond donors (Lipinski definition) is 1. The summed E-state index contributed by atoms with van der Waals surface area (Å²) in [7, 11) is 0. The van der Waals surface area contributed by atoms with Crippen LogP contribution in [0.1, 0.15) is 18.2 Å². The molecule has 15 heavy (non-hydrogen) atoms. The first-order valence-corrected chi connectivity index (χ1v) is 5.03. The highest BCUT2D eigenvalue weighted by molar-refractivity contribution is 5.61. The van der Waals surface area contributed by atoms with Crippen molar-refractivity contribution in [2.75, 3.05) is 5.73 Å². The summed E-state index contributed by atoms with van der Waals surface area (Å²) < 4.78 is 5.41. The number of aromatic nitrogens is 1. The molecule has 3 nitrogen and oxygen atoms in total. The maximum atomic E-state index is 5.55. The van der Waals surface area contributed by atoms with Crippen molar-refractivity contribution in [1.82, 2.24) is 4.98 Å². The van der Waals surface area contributed by atoms with Crippen molar-refractivity contribution in [2.45, 2.75) is 20.3 Å². The third-order valence-electron chi connectivity index (χ3n) is 2.33. The monoisotopic (exact) mass is 202 g/mol. The Hall–Kier alpha value is -1.77. The number of aryl methyl sites for hydroxylation is 2. The minimum atomic E-state index is 0.239. The lowest BCUT2D eigenvalue weighted by Crippen LogP contribution is -1.86. The van der Waals surface area contributed by atoms with Crippen LogP contribution in [0.25, 0.3) is 11.3 Å². The first kappa shape index (κ1) is 9.77. The van der Waals surface area contributed by atoms with Gasteiger partial charge in [0.2, 0.25) is 0 Å². The molecule has 0 aliphatic carbocycles. The molecule has 78 valence electrons. The number of anilines is 1. The maximum Gasteiger partial charge on any atom is 0.292 e. The number of nitrogens with zero attached hydrogens (tertiary/aromatic N) is 1. The van der Waals surface area contributed by atoms with E-state index in [-0.39, 0.29) is 6.01 Å². The van der Waals surface area contributed by atoms with Gasteiger partial charge in [0.1, 0.15) is 0 Å². The van der Waals surface area contributed by atoms with Crippen LogP contribution < -0.4 is 5.73 Å². The molecule has 1 heterocycles. The van der Waals surface area contributed by atoms with Gasteiger partial charge < -0.3 is 10.2 Å². The molecule has 0 fully saturated rings. The fraction of sp³-hybridized carbons (Fsp3) is 0.250. The van der Waals surface area contributed by atoms with Gasteiger partial charge in [-0.05, 0) is 19.4 Å². The predicted octanol–water partition coefficient (Wildman–Crippen LogP) is 2.79. The molecule has 0 saturated carbocycles. The van der Waals surface area contributed by atoms with Crippen molar-refractivity contribution in [1.29, 1.82) is 0 Å². The second-order valence-electron chi connectivity index (χ2n) is 3.55. The third kappa shape index (κ3) is 1.86. The van der Waals surface area contributed by atoms with Gasteiger partial charge in [-0.25, -0.2) is 0 Å². The largest absolute Gasteiger partial charge is 0.423 e. The van der Waals surface area contributed by atoms with E-state index in [2.05, 4.69) is 24.0 Å². The van der Waals surface area contributed by atoms with Crippen LogP contribution in [0.2, 0.25) is 0 Å². The van der Waals surface area contributed by atoms with Crippen LogP contribution in [-0.4, -0.2) is 4.98 Å². The highest BCUT2D eigenvalue weighted by Crippen LogP contribution is 2.26. The molecule has 0 amide bonds. The first-order valence-electron chi connectivity index (χ1n) is 5.03. The Kier molecular flexibility index (Phi) is 2.46. The predicted molar refractivity (Wildman–Crippen MR) is 60.5 cm³/mol. The Morgan fingerprint density at radius 3 is 2.87 bits per heavy atom. The number of nitrogen functional groups attached to an aromatic ring is 1. The average molecular weight is 202 g/mol. The van der Waals surface area contributed by atoms with Crippen LogP contribution in [0.3, 0.4) is 0 Å². The van der Waals surface area contributed by atoms with Gasteiger partial charge in [0.25, 0.3) is 6.01 Å². The molecule has 2 N–H and O–H groups in total. The second-order valence-corrected chi connectivity index (χ2v) is 3.55. The highest BCUT2D eigenvalue weighted by atomic mass is 16.4. The molecule has 0 saturated heterocycles. The molecule has 0 aliphatic rings. The standard InChI is InChI=1S/C12H14N2O/c1-3-10-11(15-12(13)14-10)9-6-4-5-8(2)7-9/h4-7H,3H2,1-2H3,(H2,13,14). The lowest BCUT2D eigenvalue weighted by molar-refractivity contribution is 0.593. The van der Waals surface area contributed by atoms with E-state index in [1.54, 1.807) is 0 Å². The van der Waals surface area contributed by atoms with E-state index < -0.39 is 0 Å². The van der Waals surface area contributed by atoms with E-state index in [9.17, 15) is 0 Å². The molecule has 0 spiro atoms. The Bertz CT molecular complexity index is 474. The van der Waals surface area contributed by atoms with Crippen LogP contribution in [0.5, 0.6) is 0 Å². The fourth-order valence-corrected chi connectivity index (χ4v) is 1.62. The van der Waals surface area contributed by atoms with Crippen LogP contribution in [0.15, 0.2) is 28.7 Å². The van der Waals surface area contributed by atoms with E-state index in [1.807, 2.05) is 19.1 Å². The number of benzene rings is 1. The van der Waals surface area contributed by atoms with E-state index >= 15 is 0 Å². The van der Waals surface area contributed by atoms with Crippen LogP contribution >= 0.6 is 0 Å². The Balaban J connectivity index is 2.53. The lowest BCUT2D eigenvalue weighted by Gasteiger charge is -1.99. The van der Waals surface area contributed by atoms with Crippen molar-refractivity contribution in [3.8, 4) is 11.3 Å². The number of rotatable bonds is 2. The molecule has 2 rings (SSSR count). The van der Waals surface area contributed by atoms with Crippen molar-refractivity contribution in [3.05, 3.63) is 35.5 Å². The van der Waals surface area contributed by atoms with Gasteiger partial charge in [-0.1, -0.05) is 30.7 Å². The molecule has 0 atom stereocenters. The van der Waals surface area contributed by atoms with Crippen LogP contribution in [-0.2, 0) is 6.42 Å². The number of hydrogen-bond acceptors (Lipinski definition) is 3. The normalized spacial score (nSPS) is 10.5. The van der Waals surface area contributed by atoms with Crippen molar-refractivity contribution in [2.24, 2.45) is 0 Å². The Morgan fingerprint density at radius 1 is 1.40 bits per heavy atom. The molecule has 1 aromatic carbocycles. The topological polar surface area (TPSA) is 52.0 Å². The summed E-state index contributed by atoms with van der Waals surface area (Å²) in [4.78, 5) is 4.15. The van der Waals surface area contributed by atoms with Gasteiger partial charge in [-0.15, -0.1) is 0 Å². The van der Waals surface area contributed by atoms with Crippen LogP contribution in [0, 0.1) is 6.92 Å². The van der Waals surface area contributed by atoms with Gasteiger partial charge in [-0.2, -0.15) is 4.98 Å². The second kappa shape index (κ2) is 3.77. The van der Waals surface area contributed by atoms with Crippen LogP contribution in [0.4, 0.5) is 6.01 Å². The molecular formula is C12H14N2O. The van der Waals surface area contributed by atoms with Gasteiger partial charge in [0.05, 0.1) is 5.69 Å². The summed E-state index contributed by atoms with van der Waals surface area (Å²) in [5, 5.41) is 0. The van der Waals surface area contributed by atoms with E-state index in [1.165, 1.54) is 5.56 Å². The fourth-order valence-electron chi connectivity index (χ4n) is 1.62. The lowest BCUT2D eigenvalue weighted by atomic mass is 10.1. The number of nitrogens with two attached hydrogens (primary N) is 1. The minimum Gasteiger partial charge on any atom is -0.423 e. The highest BCUT2D eigenvalue weighted by Gasteiger charge is 2.11. The first-order chi connectivity index (χ1) is 7.20. The Morgan fingerprint density at radius 2 is 2.20 bits per heavy atom. The van der Waals surface area contributed by atoms with E-state index in [0.29, 0.717) is 0 Å². The van der Waals surface area contributed by atoms with Gasteiger partial charge in [-0.3, -0.25) is 0 Å². The SMILES string of the molecule is CCc1nc(N)oc1-c1cccc(C)c1. The summed E-state index contributed by atoms with van der Waals surface area (Å²) in [6, 6.07) is 8.37. The molecule has 1 aromatic heterocycles. The zero-order valence-electron chi connectivity index (χ0n) is 8.95. The molecule has 0 bridgehead atoms. The maximum absolute atomic E-state index is 5.55. The van der Waals surface area contributed by atoms with Gasteiger partial charge in [0.15, 0.2) is 5.76 Å². The summed E-state index contributed by atoms with van der Waals surface area (Å²) >= 11 is 0. The van der Waals surface area contributed by atoms with Gasteiger partial charge in [0, 0.05) is 5.56 Å². The molecular weight excluding hydrogens is 188 g/mol. The van der Waals surface area contributed by atoms with Crippen molar-refractivity contribution in [3.63, 3.8) is 0 Å². The quantitative estimate of drug-likeness (QED) is 0.814. The molecule has 0 radical (unpaired) electrons. The zero-order valence-corrected chi connectivity index (χ0v) is 8.95. The minimum absolute atomic E-state index is 0.239. The smallest absolute Gasteiger partial charge is 0.292 e. The average Bonchev–Trinajstić information content (AvgIpc) is 2.59. The summed E-state index contributed by atoms with van der Waals surface area (Å²) in [6.45, 7) is 4.09. The van der Waals surface area contributed by atoms with E-state index in [4.69, 9.17) is 10.2 Å². The Labute approximate surface area is 88.9 Å². The zero-order chi connectivity index (χ0) is 10.8. The van der Waals surface area contributed by atoms with Gasteiger partial charge >= 0.3 is 0 Å². The number of oxazole rings is 1. The van der Waals surface area contributed by atoms with Crippen molar-refractivity contribution < 1.29 is 4.42 Å². The van der Waals surface area contributed by atoms with Crippen molar-refractivity contribution >= 4 is 6.01 Å². The summed E-state index contributed by atoms with van der Waals surface area (Å²) in [5.41, 5.74) is 8.70. The van der Waals surface area contributed by atoms with E-state index in [0.717, 1.165) is 23.4 Å². The summed E-state index contributed by atoms with van der Waals surface area (Å²) in [6.07, 6.45) is 0.823. The third-order valence-corrected chi connectivity index (χ3v) is 2.33. The molecule has 3 heteroatoms.